The van der Waals surface area contributed by atoms with E-state index in [-0.39, 0.29) is 0 Å². The molecule has 0 spiro atoms. The molecule has 0 aliphatic heterocycles. The molecule has 0 unspecified atom stereocenters. The van der Waals surface area contributed by atoms with Crippen LogP contribution in [0.25, 0.3) is 0 Å². The van der Waals surface area contributed by atoms with Gasteiger partial charge >= 0.3 is 0 Å². The molecule has 0 bridgehead atoms. The second-order valence-electron chi connectivity index (χ2n) is 4.50. The maximum atomic E-state index is 4.23. The standard InChI is InChI=1S/C14H20IN5S/c1-16-14(17-7-2-10-20-11-3-8-19-20)18-9-6-12-4-5-13(15)21-12/h3-5,8,11H,2,6-7,9-10H2,1H3,(H2,16,17,18). The Morgan fingerprint density at radius 1 is 1.38 bits per heavy atom. The van der Waals surface area contributed by atoms with E-state index in [2.05, 4.69) is 55.4 Å². The first kappa shape index (κ1) is 16.3. The summed E-state index contributed by atoms with van der Waals surface area (Å²) in [6.45, 7) is 2.70. The fourth-order valence-electron chi connectivity index (χ4n) is 1.89. The largest absolute Gasteiger partial charge is 0.356 e. The highest BCUT2D eigenvalue weighted by atomic mass is 127. The molecule has 0 aromatic carbocycles. The van der Waals surface area contributed by atoms with Crippen LogP contribution in [0.5, 0.6) is 0 Å². The highest BCUT2D eigenvalue weighted by molar-refractivity contribution is 14.1. The quantitative estimate of drug-likeness (QED) is 0.315. The van der Waals surface area contributed by atoms with E-state index in [1.54, 1.807) is 13.2 Å². The van der Waals surface area contributed by atoms with Gasteiger partial charge in [-0.15, -0.1) is 11.3 Å². The fraction of sp³-hybridized carbons (Fsp3) is 0.429. The van der Waals surface area contributed by atoms with E-state index in [0.29, 0.717) is 0 Å². The number of thiophene rings is 1. The number of aromatic nitrogens is 2. The van der Waals surface area contributed by atoms with Crippen LogP contribution >= 0.6 is 33.9 Å². The van der Waals surface area contributed by atoms with Gasteiger partial charge in [-0.2, -0.15) is 5.10 Å². The number of rotatable bonds is 7. The molecule has 2 N–H and O–H groups in total. The van der Waals surface area contributed by atoms with E-state index in [0.717, 1.165) is 38.4 Å². The molecule has 0 fully saturated rings. The molecule has 0 radical (unpaired) electrons. The zero-order valence-corrected chi connectivity index (χ0v) is 15.0. The summed E-state index contributed by atoms with van der Waals surface area (Å²) in [7, 11) is 1.80. The summed E-state index contributed by atoms with van der Waals surface area (Å²) in [6.07, 6.45) is 5.84. The molecule has 0 aliphatic rings. The molecule has 0 amide bonds. The molecular weight excluding hydrogens is 397 g/mol. The Morgan fingerprint density at radius 3 is 2.90 bits per heavy atom. The normalized spacial score (nSPS) is 11.6. The molecule has 2 aromatic heterocycles. The van der Waals surface area contributed by atoms with Crippen LogP contribution in [0, 0.1) is 2.88 Å². The minimum Gasteiger partial charge on any atom is -0.356 e. The molecular formula is C14H20IN5S. The second-order valence-corrected chi connectivity index (χ2v) is 7.57. The Kier molecular flexibility index (Phi) is 7.01. The predicted octanol–water partition coefficient (Wildman–Crippen LogP) is 2.35. The maximum Gasteiger partial charge on any atom is 0.190 e. The van der Waals surface area contributed by atoms with Gasteiger partial charge in [-0.05, 0) is 53.6 Å². The Balaban J connectivity index is 1.59. The van der Waals surface area contributed by atoms with Crippen molar-refractivity contribution in [1.82, 2.24) is 20.4 Å². The van der Waals surface area contributed by atoms with Gasteiger partial charge in [0.25, 0.3) is 0 Å². The molecule has 114 valence electrons. The summed E-state index contributed by atoms with van der Waals surface area (Å²) < 4.78 is 3.28. The molecule has 0 saturated carbocycles. The minimum atomic E-state index is 0.863. The molecule has 0 atom stereocenters. The first-order valence-corrected chi connectivity index (χ1v) is 8.83. The van der Waals surface area contributed by atoms with Crippen molar-refractivity contribution >= 4 is 39.9 Å². The second kappa shape index (κ2) is 9.04. The van der Waals surface area contributed by atoms with E-state index in [9.17, 15) is 0 Å². The smallest absolute Gasteiger partial charge is 0.190 e. The number of hydrogen-bond donors (Lipinski definition) is 2. The third-order valence-corrected chi connectivity index (χ3v) is 4.89. The highest BCUT2D eigenvalue weighted by Crippen LogP contribution is 2.18. The third kappa shape index (κ3) is 6.04. The topological polar surface area (TPSA) is 54.2 Å². The van der Waals surface area contributed by atoms with Crippen LogP contribution in [-0.2, 0) is 13.0 Å². The van der Waals surface area contributed by atoms with Crippen LogP contribution in [0.3, 0.4) is 0 Å². The first-order chi connectivity index (χ1) is 10.3. The van der Waals surface area contributed by atoms with Gasteiger partial charge in [0.1, 0.15) is 0 Å². The van der Waals surface area contributed by atoms with Gasteiger partial charge in [0.2, 0.25) is 0 Å². The Labute approximate surface area is 143 Å². The fourth-order valence-corrected chi connectivity index (χ4v) is 3.65. The first-order valence-electron chi connectivity index (χ1n) is 6.94. The van der Waals surface area contributed by atoms with Gasteiger partial charge < -0.3 is 10.6 Å². The Morgan fingerprint density at radius 2 is 2.24 bits per heavy atom. The van der Waals surface area contributed by atoms with Gasteiger partial charge in [-0.25, -0.2) is 0 Å². The molecule has 5 nitrogen and oxygen atoms in total. The van der Waals surface area contributed by atoms with Crippen LogP contribution in [0.1, 0.15) is 11.3 Å². The van der Waals surface area contributed by atoms with Gasteiger partial charge in [0.05, 0.1) is 2.88 Å². The van der Waals surface area contributed by atoms with Crippen molar-refractivity contribution in [3.05, 3.63) is 38.4 Å². The van der Waals surface area contributed by atoms with Crippen molar-refractivity contribution in [2.75, 3.05) is 20.1 Å². The van der Waals surface area contributed by atoms with E-state index in [4.69, 9.17) is 0 Å². The monoisotopic (exact) mass is 417 g/mol. The average molecular weight is 417 g/mol. The summed E-state index contributed by atoms with van der Waals surface area (Å²) in [4.78, 5) is 5.64. The van der Waals surface area contributed by atoms with Crippen LogP contribution in [0.4, 0.5) is 0 Å². The van der Waals surface area contributed by atoms with Crippen molar-refractivity contribution in [2.45, 2.75) is 19.4 Å². The lowest BCUT2D eigenvalue weighted by Crippen LogP contribution is -2.38. The summed E-state index contributed by atoms with van der Waals surface area (Å²) in [5.41, 5.74) is 0. The average Bonchev–Trinajstić information content (AvgIpc) is 3.13. The number of nitrogens with one attached hydrogen (secondary N) is 2. The number of nitrogens with zero attached hydrogens (tertiary/aromatic N) is 3. The van der Waals surface area contributed by atoms with Crippen LogP contribution in [0.15, 0.2) is 35.6 Å². The summed E-state index contributed by atoms with van der Waals surface area (Å²) >= 11 is 4.20. The summed E-state index contributed by atoms with van der Waals surface area (Å²) in [6, 6.07) is 6.29. The zero-order valence-electron chi connectivity index (χ0n) is 12.1. The van der Waals surface area contributed by atoms with Gasteiger partial charge in [0, 0.05) is 44.0 Å². The summed E-state index contributed by atoms with van der Waals surface area (Å²) in [5.74, 6) is 0.863. The lowest BCUT2D eigenvalue weighted by molar-refractivity contribution is 0.570. The van der Waals surface area contributed by atoms with Crippen molar-refractivity contribution in [3.8, 4) is 0 Å². The molecule has 2 aromatic rings. The van der Waals surface area contributed by atoms with Gasteiger partial charge in [-0.3, -0.25) is 9.67 Å². The van der Waals surface area contributed by atoms with Crippen LogP contribution < -0.4 is 10.6 Å². The molecule has 0 saturated heterocycles. The molecule has 7 heteroatoms. The van der Waals surface area contributed by atoms with E-state index in [1.165, 1.54) is 7.76 Å². The third-order valence-electron chi connectivity index (χ3n) is 2.93. The zero-order chi connectivity index (χ0) is 14.9. The Bertz CT molecular complexity index is 549. The van der Waals surface area contributed by atoms with Gasteiger partial charge in [0.15, 0.2) is 5.96 Å². The summed E-state index contributed by atoms with van der Waals surface area (Å²) in [5, 5.41) is 10.8. The maximum absolute atomic E-state index is 4.23. The van der Waals surface area contributed by atoms with E-state index >= 15 is 0 Å². The predicted molar refractivity (Wildman–Crippen MR) is 96.9 cm³/mol. The minimum absolute atomic E-state index is 0.863. The lowest BCUT2D eigenvalue weighted by atomic mass is 10.3. The molecule has 0 aliphatic carbocycles. The number of aryl methyl sites for hydroxylation is 1. The number of guanidine groups is 1. The van der Waals surface area contributed by atoms with Gasteiger partial charge in [-0.1, -0.05) is 0 Å². The highest BCUT2D eigenvalue weighted by Gasteiger charge is 2.00. The van der Waals surface area contributed by atoms with Crippen molar-refractivity contribution < 1.29 is 0 Å². The SMILES string of the molecule is CN=C(NCCCn1cccn1)NCCc1ccc(I)s1. The number of hydrogen-bond acceptors (Lipinski definition) is 3. The number of aliphatic imine (C=N–C) groups is 1. The van der Waals surface area contributed by atoms with Crippen LogP contribution in [-0.4, -0.2) is 35.9 Å². The van der Waals surface area contributed by atoms with Crippen molar-refractivity contribution in [1.29, 1.82) is 0 Å². The molecule has 2 rings (SSSR count). The number of halogens is 1. The van der Waals surface area contributed by atoms with E-state index < -0.39 is 0 Å². The van der Waals surface area contributed by atoms with E-state index in [1.807, 2.05) is 28.3 Å². The molecule has 21 heavy (non-hydrogen) atoms. The lowest BCUT2D eigenvalue weighted by Gasteiger charge is -2.11. The van der Waals surface area contributed by atoms with Crippen molar-refractivity contribution in [3.63, 3.8) is 0 Å². The van der Waals surface area contributed by atoms with Crippen molar-refractivity contribution in [2.24, 2.45) is 4.99 Å². The Hall–Kier alpha value is -1.09. The van der Waals surface area contributed by atoms with Crippen LogP contribution in [0.2, 0.25) is 0 Å². The molecule has 2 heterocycles.